The van der Waals surface area contributed by atoms with Crippen molar-refractivity contribution in [3.05, 3.63) is 80.6 Å². The van der Waals surface area contributed by atoms with Gasteiger partial charge in [-0.3, -0.25) is 4.79 Å². The number of rotatable bonds is 5. The summed E-state index contributed by atoms with van der Waals surface area (Å²) >= 11 is 5.02. The van der Waals surface area contributed by atoms with Crippen LogP contribution in [0.1, 0.15) is 50.9 Å². The predicted molar refractivity (Wildman–Crippen MR) is 144 cm³/mol. The average molecular weight is 549 g/mol. The zero-order chi connectivity index (χ0) is 24.5. The van der Waals surface area contributed by atoms with E-state index < -0.39 is 5.97 Å². The summed E-state index contributed by atoms with van der Waals surface area (Å²) in [6, 6.07) is 17.3. The quantitative estimate of drug-likeness (QED) is 0.266. The summed E-state index contributed by atoms with van der Waals surface area (Å²) in [7, 11) is 1.39. The molecule has 1 amide bonds. The Morgan fingerprint density at radius 3 is 2.77 bits per heavy atom. The van der Waals surface area contributed by atoms with Crippen LogP contribution < -0.4 is 5.32 Å². The molecule has 0 aliphatic heterocycles. The van der Waals surface area contributed by atoms with Crippen molar-refractivity contribution >= 4 is 55.0 Å². The lowest BCUT2D eigenvalue weighted by atomic mass is 9.85. The number of carbonyl (C=O) groups is 2. The Labute approximate surface area is 216 Å². The molecule has 5 nitrogen and oxygen atoms in total. The minimum absolute atomic E-state index is 0.268. The van der Waals surface area contributed by atoms with Crippen LogP contribution in [-0.4, -0.2) is 24.0 Å². The Morgan fingerprint density at radius 1 is 1.17 bits per heavy atom. The number of nitrogens with one attached hydrogen (secondary N) is 1. The van der Waals surface area contributed by atoms with E-state index in [2.05, 4.69) is 28.2 Å². The zero-order valence-corrected chi connectivity index (χ0v) is 22.0. The summed E-state index contributed by atoms with van der Waals surface area (Å²) in [5, 5.41) is 4.38. The molecule has 0 bridgehead atoms. The molecule has 178 valence electrons. The van der Waals surface area contributed by atoms with Crippen molar-refractivity contribution in [1.29, 1.82) is 0 Å². The number of para-hydroxylation sites is 1. The molecule has 1 aliphatic rings. The molecule has 5 rings (SSSR count). The van der Waals surface area contributed by atoms with E-state index in [1.165, 1.54) is 23.3 Å². The van der Waals surface area contributed by atoms with E-state index in [-0.39, 0.29) is 5.91 Å². The smallest absolute Gasteiger partial charge is 0.341 e. The van der Waals surface area contributed by atoms with Crippen molar-refractivity contribution in [2.24, 2.45) is 5.92 Å². The number of pyridine rings is 1. The fourth-order valence-corrected chi connectivity index (χ4v) is 6.48. The van der Waals surface area contributed by atoms with Crippen LogP contribution in [0.3, 0.4) is 0 Å². The van der Waals surface area contributed by atoms with E-state index in [0.717, 1.165) is 52.2 Å². The van der Waals surface area contributed by atoms with Gasteiger partial charge in [0.2, 0.25) is 0 Å². The van der Waals surface area contributed by atoms with Crippen LogP contribution in [0.2, 0.25) is 0 Å². The van der Waals surface area contributed by atoms with Crippen molar-refractivity contribution in [3.63, 3.8) is 0 Å². The molecule has 0 saturated heterocycles. The Kier molecular flexibility index (Phi) is 6.71. The highest BCUT2D eigenvalue weighted by Crippen LogP contribution is 2.41. The summed E-state index contributed by atoms with van der Waals surface area (Å²) in [4.78, 5) is 32.4. The Balaban J connectivity index is 1.58. The van der Waals surface area contributed by atoms with Crippen LogP contribution in [-0.2, 0) is 17.6 Å². The second-order valence-electron chi connectivity index (χ2n) is 8.75. The van der Waals surface area contributed by atoms with Gasteiger partial charge in [0.1, 0.15) is 5.00 Å². The average Bonchev–Trinajstić information content (AvgIpc) is 3.24. The van der Waals surface area contributed by atoms with Gasteiger partial charge in [0.15, 0.2) is 0 Å². The minimum atomic E-state index is -0.401. The van der Waals surface area contributed by atoms with Crippen LogP contribution in [0.4, 0.5) is 5.00 Å². The fourth-order valence-electron chi connectivity index (χ4n) is 4.74. The highest BCUT2D eigenvalue weighted by Gasteiger charge is 2.30. The summed E-state index contributed by atoms with van der Waals surface area (Å²) < 4.78 is 6.04. The Bertz CT molecular complexity index is 1450. The number of anilines is 1. The molecule has 2 aromatic heterocycles. The number of fused-ring (bicyclic) bond motifs is 2. The Hall–Kier alpha value is -3.03. The lowest BCUT2D eigenvalue weighted by Crippen LogP contribution is -2.17. The number of esters is 1. The molecule has 4 aromatic rings. The second kappa shape index (κ2) is 9.91. The molecule has 2 aromatic carbocycles. The summed E-state index contributed by atoms with van der Waals surface area (Å²) in [6.45, 7) is 2.20. The van der Waals surface area contributed by atoms with E-state index in [0.29, 0.717) is 27.7 Å². The second-order valence-corrected chi connectivity index (χ2v) is 10.8. The number of nitrogens with zero attached hydrogens (tertiary/aromatic N) is 1. The molecule has 0 fully saturated rings. The number of benzene rings is 2. The molecule has 0 radical (unpaired) electrons. The first kappa shape index (κ1) is 23.7. The molecule has 1 atom stereocenters. The first-order valence-corrected chi connectivity index (χ1v) is 13.3. The number of carbonyl (C=O) groups excluding carboxylic acids is 2. The fraction of sp³-hybridized carbons (Fsp3) is 0.250. The summed E-state index contributed by atoms with van der Waals surface area (Å²) in [5.41, 5.74) is 4.39. The number of thiophene rings is 1. The van der Waals surface area contributed by atoms with Gasteiger partial charge in [0.05, 0.1) is 29.4 Å². The van der Waals surface area contributed by atoms with Gasteiger partial charge < -0.3 is 10.1 Å². The molecule has 1 unspecified atom stereocenters. The molecule has 1 aliphatic carbocycles. The summed E-state index contributed by atoms with van der Waals surface area (Å²) in [5.74, 6) is -0.0649. The van der Waals surface area contributed by atoms with Gasteiger partial charge in [-0.1, -0.05) is 59.6 Å². The van der Waals surface area contributed by atoms with Crippen molar-refractivity contribution in [2.75, 3.05) is 12.4 Å². The van der Waals surface area contributed by atoms with E-state index in [9.17, 15) is 9.59 Å². The largest absolute Gasteiger partial charge is 0.465 e. The maximum atomic E-state index is 13.7. The van der Waals surface area contributed by atoms with Crippen molar-refractivity contribution in [2.45, 2.75) is 32.6 Å². The van der Waals surface area contributed by atoms with Gasteiger partial charge in [-0.05, 0) is 55.0 Å². The lowest BCUT2D eigenvalue weighted by Gasteiger charge is -2.20. The third kappa shape index (κ3) is 4.62. The van der Waals surface area contributed by atoms with Crippen molar-refractivity contribution < 1.29 is 14.3 Å². The Morgan fingerprint density at radius 2 is 2.00 bits per heavy atom. The molecule has 1 N–H and O–H groups in total. The van der Waals surface area contributed by atoms with Crippen LogP contribution in [0, 0.1) is 5.92 Å². The molecular weight excluding hydrogens is 524 g/mol. The number of aromatic nitrogens is 1. The van der Waals surface area contributed by atoms with Gasteiger partial charge in [-0.15, -0.1) is 11.3 Å². The number of hydrogen-bond acceptors (Lipinski definition) is 5. The SMILES string of the molecule is CCC1CCc2c(sc(NC(=O)c3cc(-c4cccc(Br)c4)nc4ccccc34)c2C(=O)OC)C1. The van der Waals surface area contributed by atoms with E-state index >= 15 is 0 Å². The van der Waals surface area contributed by atoms with Gasteiger partial charge in [-0.2, -0.15) is 0 Å². The van der Waals surface area contributed by atoms with Crippen LogP contribution in [0.5, 0.6) is 0 Å². The van der Waals surface area contributed by atoms with Gasteiger partial charge in [-0.25, -0.2) is 9.78 Å². The van der Waals surface area contributed by atoms with Crippen LogP contribution in [0.25, 0.3) is 22.2 Å². The van der Waals surface area contributed by atoms with Gasteiger partial charge in [0, 0.05) is 20.3 Å². The molecular formula is C28H25BrN2O3S. The van der Waals surface area contributed by atoms with E-state index in [1.807, 2.05) is 54.6 Å². The third-order valence-corrected chi connectivity index (χ3v) is 8.31. The molecule has 7 heteroatoms. The lowest BCUT2D eigenvalue weighted by molar-refractivity contribution is 0.0601. The van der Waals surface area contributed by atoms with Gasteiger partial charge >= 0.3 is 5.97 Å². The maximum Gasteiger partial charge on any atom is 0.341 e. The zero-order valence-electron chi connectivity index (χ0n) is 19.6. The number of amides is 1. The van der Waals surface area contributed by atoms with Crippen molar-refractivity contribution in [1.82, 2.24) is 4.98 Å². The summed E-state index contributed by atoms with van der Waals surface area (Å²) in [6.07, 6.45) is 3.91. The molecule has 35 heavy (non-hydrogen) atoms. The molecule has 2 heterocycles. The standard InChI is InChI=1S/C28H25BrN2O3S/c1-3-16-11-12-20-24(13-16)35-27(25(20)28(33)34-2)31-26(32)21-15-23(17-7-6-8-18(29)14-17)30-22-10-5-4-9-19(21)22/h4-10,14-16H,3,11-13H2,1-2H3,(H,31,32). The maximum absolute atomic E-state index is 13.7. The predicted octanol–water partition coefficient (Wildman–Crippen LogP) is 7.28. The topological polar surface area (TPSA) is 68.3 Å². The number of ether oxygens (including phenoxy) is 1. The minimum Gasteiger partial charge on any atom is -0.465 e. The van der Waals surface area contributed by atoms with Crippen LogP contribution >= 0.6 is 27.3 Å². The highest BCUT2D eigenvalue weighted by molar-refractivity contribution is 9.10. The number of halogens is 1. The monoisotopic (exact) mass is 548 g/mol. The van der Waals surface area contributed by atoms with Crippen molar-refractivity contribution in [3.8, 4) is 11.3 Å². The number of hydrogen-bond donors (Lipinski definition) is 1. The third-order valence-electron chi connectivity index (χ3n) is 6.64. The van der Waals surface area contributed by atoms with E-state index in [1.54, 1.807) is 0 Å². The highest BCUT2D eigenvalue weighted by atomic mass is 79.9. The van der Waals surface area contributed by atoms with Crippen LogP contribution in [0.15, 0.2) is 59.1 Å². The molecule has 0 spiro atoms. The normalized spacial score (nSPS) is 15.0. The molecule has 0 saturated carbocycles. The van der Waals surface area contributed by atoms with Gasteiger partial charge in [0.25, 0.3) is 5.91 Å². The first-order valence-electron chi connectivity index (χ1n) is 11.7. The number of methoxy groups -OCH3 is 1. The van der Waals surface area contributed by atoms with E-state index in [4.69, 9.17) is 9.72 Å². The first-order chi connectivity index (χ1) is 17.0.